The molecule has 39 heavy (non-hydrogen) atoms. The first-order valence-electron chi connectivity index (χ1n) is 13.4. The van der Waals surface area contributed by atoms with Crippen molar-refractivity contribution in [2.24, 2.45) is 11.8 Å². The van der Waals surface area contributed by atoms with Crippen molar-refractivity contribution in [2.75, 3.05) is 20.3 Å². The van der Waals surface area contributed by atoms with Crippen LogP contribution < -0.4 is 10.6 Å². The number of rotatable bonds is 12. The molecule has 3 N–H and O–H groups in total. The van der Waals surface area contributed by atoms with E-state index >= 15 is 0 Å². The summed E-state index contributed by atoms with van der Waals surface area (Å²) in [6, 6.07) is 9.67. The minimum absolute atomic E-state index is 0.0956. The fraction of sp³-hybridized carbons (Fsp3) is 0.500. The Labute approximate surface area is 235 Å². The van der Waals surface area contributed by atoms with Crippen LogP contribution in [0.15, 0.2) is 36.4 Å². The van der Waals surface area contributed by atoms with Gasteiger partial charge >= 0.3 is 0 Å². The van der Waals surface area contributed by atoms with Gasteiger partial charge in [0, 0.05) is 30.7 Å². The van der Waals surface area contributed by atoms with E-state index in [1.165, 1.54) is 6.07 Å². The summed E-state index contributed by atoms with van der Waals surface area (Å²) in [6.07, 6.45) is 0.473. The van der Waals surface area contributed by atoms with Crippen molar-refractivity contribution < 1.29 is 18.7 Å². The average Bonchev–Trinajstić information content (AvgIpc) is 3.28. The smallest absolute Gasteiger partial charge is 0.242 e. The fourth-order valence-corrected chi connectivity index (χ4v) is 5.24. The molecule has 0 spiro atoms. The summed E-state index contributed by atoms with van der Waals surface area (Å²) in [5.74, 6) is -0.295. The molecule has 1 heterocycles. The summed E-state index contributed by atoms with van der Waals surface area (Å²) in [5.41, 5.74) is 1.64. The molecule has 0 bridgehead atoms. The highest BCUT2D eigenvalue weighted by Crippen LogP contribution is 2.35. The maximum absolute atomic E-state index is 14.7. The largest absolute Gasteiger partial charge is 0.383 e. The Hall–Kier alpha value is -2.97. The monoisotopic (exact) mass is 558 g/mol. The van der Waals surface area contributed by atoms with Gasteiger partial charge < -0.3 is 20.4 Å². The van der Waals surface area contributed by atoms with E-state index in [0.29, 0.717) is 29.4 Å². The van der Waals surface area contributed by atoms with E-state index in [0.717, 1.165) is 16.6 Å². The number of amides is 2. The van der Waals surface area contributed by atoms with Crippen molar-refractivity contribution in [3.8, 4) is 0 Å². The number of nitrogens with one attached hydrogen (secondary N) is 3. The van der Waals surface area contributed by atoms with Crippen LogP contribution in [0.25, 0.3) is 11.0 Å². The molecule has 0 aliphatic carbocycles. The van der Waals surface area contributed by atoms with Crippen LogP contribution in [0.4, 0.5) is 4.39 Å². The quantitative estimate of drug-likeness (QED) is 0.273. The molecule has 2 aromatic carbocycles. The zero-order chi connectivity index (χ0) is 28.9. The highest BCUT2D eigenvalue weighted by Gasteiger charge is 2.38. The topological polar surface area (TPSA) is 96.1 Å². The molecule has 0 fully saturated rings. The Morgan fingerprint density at radius 3 is 2.46 bits per heavy atom. The minimum Gasteiger partial charge on any atom is -0.383 e. The van der Waals surface area contributed by atoms with E-state index < -0.39 is 11.5 Å². The number of likely N-dealkylation sites (N-methyl/N-ethyl adjacent to an activating group) is 1. The molecule has 1 aromatic heterocycles. The van der Waals surface area contributed by atoms with Crippen molar-refractivity contribution in [1.29, 1.82) is 0 Å². The number of imidazole rings is 1. The predicted molar refractivity (Wildman–Crippen MR) is 153 cm³/mol. The normalized spacial score (nSPS) is 14.8. The molecule has 3 atom stereocenters. The zero-order valence-electron chi connectivity index (χ0n) is 23.8. The van der Waals surface area contributed by atoms with E-state index in [9.17, 15) is 14.0 Å². The lowest BCUT2D eigenvalue weighted by atomic mass is 9.81. The predicted octanol–water partition coefficient (Wildman–Crippen LogP) is 5.52. The van der Waals surface area contributed by atoms with E-state index in [-0.39, 0.29) is 42.0 Å². The summed E-state index contributed by atoms with van der Waals surface area (Å²) in [5, 5.41) is 6.14. The molecule has 0 saturated heterocycles. The van der Waals surface area contributed by atoms with Crippen molar-refractivity contribution in [2.45, 2.75) is 65.3 Å². The molecule has 3 rings (SSSR count). The second-order valence-corrected chi connectivity index (χ2v) is 11.4. The second-order valence-electron chi connectivity index (χ2n) is 11.0. The summed E-state index contributed by atoms with van der Waals surface area (Å²) in [4.78, 5) is 34.3. The Balaban J connectivity index is 1.94. The lowest BCUT2D eigenvalue weighted by Gasteiger charge is -2.31. The molecular formula is C30H40ClFN4O3. The second kappa shape index (κ2) is 12.9. The lowest BCUT2D eigenvalue weighted by Crippen LogP contribution is -2.55. The lowest BCUT2D eigenvalue weighted by molar-refractivity contribution is -0.134. The van der Waals surface area contributed by atoms with Crippen LogP contribution in [0, 0.1) is 17.7 Å². The SMILES string of the molecule is CCNC(=O)C(NC(=O)C(C)(COC)c1ccc2nc(CC(c3c(F)cccc3Cl)C(C)C)[nH]c2c1)C(C)C. The molecule has 3 unspecified atom stereocenters. The van der Waals surface area contributed by atoms with Crippen LogP contribution in [0.2, 0.25) is 5.02 Å². The van der Waals surface area contributed by atoms with Gasteiger partial charge in [0.05, 0.1) is 23.1 Å². The number of methoxy groups -OCH3 is 1. The Morgan fingerprint density at radius 1 is 1.15 bits per heavy atom. The van der Waals surface area contributed by atoms with Crippen LogP contribution in [-0.4, -0.2) is 48.1 Å². The van der Waals surface area contributed by atoms with Gasteiger partial charge in [-0.25, -0.2) is 9.37 Å². The Kier molecular flexibility index (Phi) is 10.1. The summed E-state index contributed by atoms with van der Waals surface area (Å²) in [6.45, 7) is 12.1. The first kappa shape index (κ1) is 30.6. The number of fused-ring (bicyclic) bond motifs is 1. The van der Waals surface area contributed by atoms with Gasteiger partial charge in [-0.2, -0.15) is 0 Å². The molecule has 0 saturated carbocycles. The zero-order valence-corrected chi connectivity index (χ0v) is 24.6. The van der Waals surface area contributed by atoms with Crippen LogP contribution >= 0.6 is 11.6 Å². The summed E-state index contributed by atoms with van der Waals surface area (Å²) in [7, 11) is 1.54. The number of carbonyl (C=O) groups is 2. The van der Waals surface area contributed by atoms with Gasteiger partial charge in [0.2, 0.25) is 11.8 Å². The van der Waals surface area contributed by atoms with Crippen molar-refractivity contribution >= 4 is 34.4 Å². The van der Waals surface area contributed by atoms with Crippen molar-refractivity contribution in [3.63, 3.8) is 0 Å². The van der Waals surface area contributed by atoms with E-state index in [4.69, 9.17) is 21.3 Å². The molecule has 7 nitrogen and oxygen atoms in total. The van der Waals surface area contributed by atoms with Gasteiger partial charge in [0.15, 0.2) is 0 Å². The van der Waals surface area contributed by atoms with Gasteiger partial charge in [-0.1, -0.05) is 51.4 Å². The number of halogens is 2. The number of ether oxygens (including phenoxy) is 1. The number of aromatic amines is 1. The minimum atomic E-state index is -1.06. The number of hydrogen-bond donors (Lipinski definition) is 3. The third kappa shape index (κ3) is 6.79. The molecule has 0 aliphatic rings. The standard InChI is InChI=1S/C30H40ClFN4O3/c1-8-33-28(37)27(18(4)5)36-29(38)30(6,16-39-7)19-12-13-23-24(14-19)35-25(34-23)15-20(17(2)3)26-21(31)10-9-11-22(26)32/h9-14,17-18,20,27H,8,15-16H2,1-7H3,(H,33,37)(H,34,35)(H,36,38). The number of aromatic nitrogens is 2. The van der Waals surface area contributed by atoms with Gasteiger partial charge in [0.25, 0.3) is 0 Å². The number of H-pyrrole nitrogens is 1. The molecule has 0 radical (unpaired) electrons. The van der Waals surface area contributed by atoms with Gasteiger partial charge in [0.1, 0.15) is 17.7 Å². The van der Waals surface area contributed by atoms with Gasteiger partial charge in [-0.05, 0) is 61.4 Å². The Morgan fingerprint density at radius 2 is 1.87 bits per heavy atom. The molecule has 2 amide bonds. The van der Waals surface area contributed by atoms with Gasteiger partial charge in [-0.3, -0.25) is 9.59 Å². The fourth-order valence-electron chi connectivity index (χ4n) is 4.94. The third-order valence-electron chi connectivity index (χ3n) is 7.28. The summed E-state index contributed by atoms with van der Waals surface area (Å²) < 4.78 is 20.2. The first-order chi connectivity index (χ1) is 18.4. The third-order valence-corrected chi connectivity index (χ3v) is 7.61. The van der Waals surface area contributed by atoms with Crippen LogP contribution in [0.3, 0.4) is 0 Å². The molecular weight excluding hydrogens is 519 g/mol. The maximum atomic E-state index is 14.7. The molecule has 9 heteroatoms. The summed E-state index contributed by atoms with van der Waals surface area (Å²) >= 11 is 6.39. The molecule has 0 aliphatic heterocycles. The molecule has 3 aromatic rings. The number of hydrogen-bond acceptors (Lipinski definition) is 4. The van der Waals surface area contributed by atoms with E-state index in [1.807, 2.05) is 52.8 Å². The highest BCUT2D eigenvalue weighted by molar-refractivity contribution is 6.31. The van der Waals surface area contributed by atoms with Gasteiger partial charge in [-0.15, -0.1) is 0 Å². The number of carbonyl (C=O) groups excluding carboxylic acids is 2. The van der Waals surface area contributed by atoms with Crippen molar-refractivity contribution in [3.05, 3.63) is 64.2 Å². The number of benzene rings is 2. The van der Waals surface area contributed by atoms with Crippen LogP contribution in [0.5, 0.6) is 0 Å². The number of nitrogens with zero attached hydrogens (tertiary/aromatic N) is 1. The molecule has 212 valence electrons. The first-order valence-corrected chi connectivity index (χ1v) is 13.8. The van der Waals surface area contributed by atoms with E-state index in [1.54, 1.807) is 26.2 Å². The van der Waals surface area contributed by atoms with E-state index in [2.05, 4.69) is 15.6 Å². The average molecular weight is 559 g/mol. The van der Waals surface area contributed by atoms with Crippen LogP contribution in [-0.2, 0) is 26.2 Å². The maximum Gasteiger partial charge on any atom is 0.242 e. The highest BCUT2D eigenvalue weighted by atomic mass is 35.5. The van der Waals surface area contributed by atoms with Crippen molar-refractivity contribution in [1.82, 2.24) is 20.6 Å². The van der Waals surface area contributed by atoms with Crippen LogP contribution in [0.1, 0.15) is 64.4 Å². The Bertz CT molecular complexity index is 1290.